The van der Waals surface area contributed by atoms with E-state index < -0.39 is 6.04 Å². The predicted molar refractivity (Wildman–Crippen MR) is 96.8 cm³/mol. The van der Waals surface area contributed by atoms with Crippen molar-refractivity contribution in [3.8, 4) is 0 Å². The van der Waals surface area contributed by atoms with Crippen LogP contribution in [0.2, 0.25) is 0 Å². The third-order valence-corrected chi connectivity index (χ3v) is 4.49. The third kappa shape index (κ3) is 5.15. The molecule has 2 atom stereocenters. The number of nitrogens with one attached hydrogen (secondary N) is 1. The van der Waals surface area contributed by atoms with Gasteiger partial charge < -0.3 is 14.8 Å². The lowest BCUT2D eigenvalue weighted by molar-refractivity contribution is -0.153. The molecule has 0 bridgehead atoms. The minimum absolute atomic E-state index is 0.159. The standard InChI is InChI=1S/C21H25NO3/c1-22-19(21(23)25-15-17-10-6-3-7-11-17)20(18-12-13-18)24-14-16-8-4-2-5-9-16/h2-11,18-20,22H,12-15H2,1H3/t19-,20+/m0/s1. The van der Waals surface area contributed by atoms with Crippen LogP contribution in [0.15, 0.2) is 60.7 Å². The molecule has 25 heavy (non-hydrogen) atoms. The summed E-state index contributed by atoms with van der Waals surface area (Å²) < 4.78 is 11.6. The van der Waals surface area contributed by atoms with Gasteiger partial charge in [-0.05, 0) is 36.9 Å². The summed E-state index contributed by atoms with van der Waals surface area (Å²) in [5, 5.41) is 3.10. The minimum atomic E-state index is -0.445. The molecule has 3 rings (SSSR count). The Labute approximate surface area is 149 Å². The highest BCUT2D eigenvalue weighted by molar-refractivity contribution is 5.76. The summed E-state index contributed by atoms with van der Waals surface area (Å²) in [5.41, 5.74) is 2.10. The lowest BCUT2D eigenvalue weighted by Crippen LogP contribution is -2.47. The zero-order chi connectivity index (χ0) is 17.5. The molecule has 2 aromatic carbocycles. The van der Waals surface area contributed by atoms with E-state index in [1.807, 2.05) is 60.7 Å². The Morgan fingerprint density at radius 1 is 1.00 bits per heavy atom. The fourth-order valence-corrected chi connectivity index (χ4v) is 2.93. The van der Waals surface area contributed by atoms with E-state index in [0.29, 0.717) is 12.5 Å². The molecule has 4 heteroatoms. The van der Waals surface area contributed by atoms with Gasteiger partial charge in [-0.3, -0.25) is 4.79 Å². The Morgan fingerprint density at radius 2 is 1.56 bits per heavy atom. The molecule has 132 valence electrons. The van der Waals surface area contributed by atoms with Crippen LogP contribution in [-0.4, -0.2) is 25.2 Å². The van der Waals surface area contributed by atoms with Crippen molar-refractivity contribution < 1.29 is 14.3 Å². The molecule has 0 aliphatic heterocycles. The zero-order valence-electron chi connectivity index (χ0n) is 14.6. The van der Waals surface area contributed by atoms with Gasteiger partial charge in [0.15, 0.2) is 0 Å². The number of carbonyl (C=O) groups excluding carboxylic acids is 1. The van der Waals surface area contributed by atoms with E-state index in [9.17, 15) is 4.79 Å². The van der Waals surface area contributed by atoms with Crippen LogP contribution in [0.25, 0.3) is 0 Å². The SMILES string of the molecule is CN[C@H](C(=O)OCc1ccccc1)[C@H](OCc1ccccc1)C1CC1. The van der Waals surface area contributed by atoms with E-state index in [1.165, 1.54) is 0 Å². The van der Waals surface area contributed by atoms with Gasteiger partial charge >= 0.3 is 5.97 Å². The van der Waals surface area contributed by atoms with E-state index in [-0.39, 0.29) is 18.7 Å². The van der Waals surface area contributed by atoms with Crippen LogP contribution in [0.5, 0.6) is 0 Å². The molecule has 0 saturated heterocycles. The van der Waals surface area contributed by atoms with Crippen molar-refractivity contribution in [2.45, 2.75) is 38.2 Å². The van der Waals surface area contributed by atoms with Gasteiger partial charge in [-0.1, -0.05) is 60.7 Å². The van der Waals surface area contributed by atoms with Crippen LogP contribution in [-0.2, 0) is 27.5 Å². The fourth-order valence-electron chi connectivity index (χ4n) is 2.93. The monoisotopic (exact) mass is 339 g/mol. The van der Waals surface area contributed by atoms with Crippen molar-refractivity contribution in [2.24, 2.45) is 5.92 Å². The van der Waals surface area contributed by atoms with Crippen LogP contribution in [0.1, 0.15) is 24.0 Å². The molecule has 0 aromatic heterocycles. The second kappa shape index (κ2) is 8.79. The molecule has 1 fully saturated rings. The Morgan fingerprint density at radius 3 is 2.08 bits per heavy atom. The lowest BCUT2D eigenvalue weighted by Gasteiger charge is -2.25. The number of hydrogen-bond acceptors (Lipinski definition) is 4. The Balaban J connectivity index is 1.58. The largest absolute Gasteiger partial charge is 0.460 e. The van der Waals surface area contributed by atoms with Crippen LogP contribution < -0.4 is 5.32 Å². The smallest absolute Gasteiger partial charge is 0.326 e. The van der Waals surface area contributed by atoms with Gasteiger partial charge in [0.05, 0.1) is 12.7 Å². The van der Waals surface area contributed by atoms with Gasteiger partial charge in [-0.25, -0.2) is 0 Å². The van der Waals surface area contributed by atoms with Crippen molar-refractivity contribution in [1.29, 1.82) is 0 Å². The summed E-state index contributed by atoms with van der Waals surface area (Å²) >= 11 is 0. The molecule has 0 amide bonds. The van der Waals surface area contributed by atoms with Crippen molar-refractivity contribution in [3.63, 3.8) is 0 Å². The van der Waals surface area contributed by atoms with Gasteiger partial charge in [-0.15, -0.1) is 0 Å². The first kappa shape index (κ1) is 17.6. The highest BCUT2D eigenvalue weighted by Gasteiger charge is 2.41. The highest BCUT2D eigenvalue weighted by atomic mass is 16.5. The van der Waals surface area contributed by atoms with Crippen LogP contribution in [0.3, 0.4) is 0 Å². The third-order valence-electron chi connectivity index (χ3n) is 4.49. The second-order valence-electron chi connectivity index (χ2n) is 6.46. The number of ether oxygens (including phenoxy) is 2. The molecular weight excluding hydrogens is 314 g/mol. The number of rotatable bonds is 9. The predicted octanol–water partition coefficient (Wildman–Crippen LogP) is 3.31. The summed E-state index contributed by atoms with van der Waals surface area (Å²) in [5.74, 6) is 0.168. The number of carbonyl (C=O) groups is 1. The van der Waals surface area contributed by atoms with Crippen molar-refractivity contribution in [1.82, 2.24) is 5.32 Å². The first-order valence-corrected chi connectivity index (χ1v) is 8.81. The Bertz CT molecular complexity index is 655. The molecular formula is C21H25NO3. The topological polar surface area (TPSA) is 47.6 Å². The summed E-state index contributed by atoms with van der Waals surface area (Å²) in [4.78, 5) is 12.6. The van der Waals surface area contributed by atoms with Gasteiger partial charge in [0.2, 0.25) is 0 Å². The molecule has 1 N–H and O–H groups in total. The summed E-state index contributed by atoms with van der Waals surface area (Å²) in [6.45, 7) is 0.792. The van der Waals surface area contributed by atoms with Gasteiger partial charge in [0.1, 0.15) is 12.6 Å². The van der Waals surface area contributed by atoms with E-state index in [1.54, 1.807) is 7.05 Å². The molecule has 1 aliphatic carbocycles. The molecule has 1 aliphatic rings. The average molecular weight is 339 g/mol. The molecule has 0 unspecified atom stereocenters. The van der Waals surface area contributed by atoms with E-state index in [2.05, 4.69) is 5.32 Å². The molecule has 2 aromatic rings. The maximum atomic E-state index is 12.6. The average Bonchev–Trinajstić information content (AvgIpc) is 3.50. The lowest BCUT2D eigenvalue weighted by atomic mass is 10.1. The fraction of sp³-hybridized carbons (Fsp3) is 0.381. The molecule has 0 spiro atoms. The number of likely N-dealkylation sites (N-methyl/N-ethyl adjacent to an activating group) is 1. The molecule has 4 nitrogen and oxygen atoms in total. The first-order valence-electron chi connectivity index (χ1n) is 8.81. The minimum Gasteiger partial charge on any atom is -0.460 e. The maximum absolute atomic E-state index is 12.6. The molecule has 0 heterocycles. The zero-order valence-corrected chi connectivity index (χ0v) is 14.6. The molecule has 0 radical (unpaired) electrons. The normalized spacial score (nSPS) is 16.2. The van der Waals surface area contributed by atoms with Crippen LogP contribution in [0, 0.1) is 5.92 Å². The molecule has 1 saturated carbocycles. The van der Waals surface area contributed by atoms with Crippen LogP contribution in [0.4, 0.5) is 0 Å². The highest BCUT2D eigenvalue weighted by Crippen LogP contribution is 2.36. The van der Waals surface area contributed by atoms with E-state index in [0.717, 1.165) is 24.0 Å². The van der Waals surface area contributed by atoms with E-state index >= 15 is 0 Å². The number of hydrogen-bond donors (Lipinski definition) is 1. The quantitative estimate of drug-likeness (QED) is 0.712. The Kier molecular flexibility index (Phi) is 6.20. The van der Waals surface area contributed by atoms with Gasteiger partial charge in [0.25, 0.3) is 0 Å². The summed E-state index contributed by atoms with van der Waals surface area (Å²) in [7, 11) is 1.79. The number of esters is 1. The Hall–Kier alpha value is -2.17. The van der Waals surface area contributed by atoms with Gasteiger partial charge in [0, 0.05) is 0 Å². The first-order chi connectivity index (χ1) is 12.3. The van der Waals surface area contributed by atoms with E-state index in [4.69, 9.17) is 9.47 Å². The van der Waals surface area contributed by atoms with Crippen molar-refractivity contribution >= 4 is 5.97 Å². The summed E-state index contributed by atoms with van der Waals surface area (Å²) in [6, 6.07) is 19.3. The van der Waals surface area contributed by atoms with Crippen LogP contribution >= 0.6 is 0 Å². The maximum Gasteiger partial charge on any atom is 0.326 e. The number of benzene rings is 2. The second-order valence-corrected chi connectivity index (χ2v) is 6.46. The van der Waals surface area contributed by atoms with Crippen molar-refractivity contribution in [3.05, 3.63) is 71.8 Å². The summed E-state index contributed by atoms with van der Waals surface area (Å²) in [6.07, 6.45) is 2.04. The van der Waals surface area contributed by atoms with Crippen molar-refractivity contribution in [2.75, 3.05) is 7.05 Å². The van der Waals surface area contributed by atoms with Gasteiger partial charge in [-0.2, -0.15) is 0 Å².